The molecule has 0 spiro atoms. The van der Waals surface area contributed by atoms with Gasteiger partial charge >= 0.3 is 0 Å². The summed E-state index contributed by atoms with van der Waals surface area (Å²) in [7, 11) is 0. The third kappa shape index (κ3) is 1.93. The van der Waals surface area contributed by atoms with Crippen LogP contribution in [0.25, 0.3) is 0 Å². The minimum absolute atomic E-state index is 0.535. The van der Waals surface area contributed by atoms with E-state index in [1.54, 1.807) is 0 Å². The molecule has 0 amide bonds. The van der Waals surface area contributed by atoms with Crippen molar-refractivity contribution in [2.75, 3.05) is 0 Å². The molecule has 1 heterocycles. The van der Waals surface area contributed by atoms with Crippen LogP contribution in [0.3, 0.4) is 0 Å². The monoisotopic (exact) mass is 239 g/mol. The fraction of sp³-hybridized carbons (Fsp3) is 0.545. The number of rotatable bonds is 2. The van der Waals surface area contributed by atoms with Crippen LogP contribution in [0.2, 0.25) is 0 Å². The van der Waals surface area contributed by atoms with E-state index in [-0.39, 0.29) is 0 Å². The topological polar surface area (TPSA) is 12.9 Å². The molecule has 70 valence electrons. The summed E-state index contributed by atoms with van der Waals surface area (Å²) in [5.74, 6) is 1.34. The summed E-state index contributed by atoms with van der Waals surface area (Å²) < 4.78 is 0.959. The van der Waals surface area contributed by atoms with E-state index in [0.29, 0.717) is 5.92 Å². The van der Waals surface area contributed by atoms with E-state index in [1.165, 1.54) is 24.1 Å². The number of aromatic nitrogens is 1. The van der Waals surface area contributed by atoms with E-state index in [1.807, 2.05) is 0 Å². The van der Waals surface area contributed by atoms with Crippen molar-refractivity contribution in [3.8, 4) is 0 Å². The first-order valence-corrected chi connectivity index (χ1v) is 5.64. The Bertz CT molecular complexity index is 316. The Hall–Kier alpha value is -0.370. The van der Waals surface area contributed by atoms with Crippen LogP contribution >= 0.6 is 15.9 Å². The molecule has 1 aliphatic carbocycles. The second-order valence-electron chi connectivity index (χ2n) is 4.04. The molecule has 0 atom stereocenters. The molecule has 1 aliphatic rings. The lowest BCUT2D eigenvalue weighted by Crippen LogP contribution is -1.98. The van der Waals surface area contributed by atoms with E-state index >= 15 is 0 Å². The summed E-state index contributed by atoms with van der Waals surface area (Å²) in [4.78, 5) is 4.55. The molecule has 1 fully saturated rings. The molecule has 0 unspecified atom stereocenters. The maximum atomic E-state index is 4.55. The van der Waals surface area contributed by atoms with E-state index in [2.05, 4.69) is 46.9 Å². The Morgan fingerprint density at radius 1 is 1.38 bits per heavy atom. The minimum atomic E-state index is 0.535. The highest BCUT2D eigenvalue weighted by Crippen LogP contribution is 2.42. The molecule has 13 heavy (non-hydrogen) atoms. The van der Waals surface area contributed by atoms with Crippen molar-refractivity contribution < 1.29 is 0 Å². The second-order valence-corrected chi connectivity index (χ2v) is 4.85. The number of nitrogens with zero attached hydrogens (tertiary/aromatic N) is 1. The van der Waals surface area contributed by atoms with Crippen molar-refractivity contribution in [1.29, 1.82) is 0 Å². The van der Waals surface area contributed by atoms with Crippen LogP contribution in [0.5, 0.6) is 0 Å². The van der Waals surface area contributed by atoms with Crippen LogP contribution in [0, 0.1) is 0 Å². The summed E-state index contributed by atoms with van der Waals surface area (Å²) >= 11 is 3.42. The Kier molecular flexibility index (Phi) is 2.41. The molecule has 0 saturated heterocycles. The largest absolute Gasteiger partial charge is 0.245 e. The Labute approximate surface area is 87.7 Å². The molecule has 2 heteroatoms. The van der Waals surface area contributed by atoms with Gasteiger partial charge in [-0.25, -0.2) is 4.98 Å². The van der Waals surface area contributed by atoms with E-state index in [4.69, 9.17) is 0 Å². The van der Waals surface area contributed by atoms with Gasteiger partial charge in [0.2, 0.25) is 0 Å². The smallest absolute Gasteiger partial charge is 0.106 e. The highest BCUT2D eigenvalue weighted by Gasteiger charge is 2.27. The van der Waals surface area contributed by atoms with Crippen LogP contribution in [0.15, 0.2) is 16.7 Å². The summed E-state index contributed by atoms with van der Waals surface area (Å²) in [5.41, 5.74) is 2.75. The molecule has 1 saturated carbocycles. The van der Waals surface area contributed by atoms with Crippen molar-refractivity contribution >= 4 is 15.9 Å². The molecular formula is C11H14BrN. The van der Waals surface area contributed by atoms with Gasteiger partial charge in [0, 0.05) is 5.69 Å². The third-order valence-corrected chi connectivity index (χ3v) is 2.93. The minimum Gasteiger partial charge on any atom is -0.245 e. The Morgan fingerprint density at radius 3 is 2.62 bits per heavy atom. The van der Waals surface area contributed by atoms with Gasteiger partial charge in [-0.2, -0.15) is 0 Å². The lowest BCUT2D eigenvalue weighted by atomic mass is 10.0. The van der Waals surface area contributed by atoms with Crippen LogP contribution in [-0.2, 0) is 0 Å². The molecule has 1 nitrogen and oxygen atoms in total. The quantitative estimate of drug-likeness (QED) is 0.715. The Balaban J connectivity index is 2.41. The number of halogens is 1. The van der Waals surface area contributed by atoms with Crippen LogP contribution in [0.4, 0.5) is 0 Å². The summed E-state index contributed by atoms with van der Waals surface area (Å²) in [6.45, 7) is 4.42. The molecule has 0 radical (unpaired) electrons. The zero-order valence-corrected chi connectivity index (χ0v) is 9.63. The lowest BCUT2D eigenvalue weighted by Gasteiger charge is -2.10. The van der Waals surface area contributed by atoms with Crippen LogP contribution in [-0.4, -0.2) is 4.98 Å². The predicted octanol–water partition coefficient (Wildman–Crippen LogP) is 3.84. The SMILES string of the molecule is CC(C)c1nc(Br)ccc1C1CC1. The van der Waals surface area contributed by atoms with Gasteiger partial charge in [0.25, 0.3) is 0 Å². The van der Waals surface area contributed by atoms with Gasteiger partial charge in [-0.15, -0.1) is 0 Å². The van der Waals surface area contributed by atoms with Crippen LogP contribution < -0.4 is 0 Å². The highest BCUT2D eigenvalue weighted by atomic mass is 79.9. The number of hydrogen-bond acceptors (Lipinski definition) is 1. The van der Waals surface area contributed by atoms with Gasteiger partial charge in [-0.3, -0.25) is 0 Å². The first kappa shape index (κ1) is 9.20. The van der Waals surface area contributed by atoms with Crippen molar-refractivity contribution in [2.45, 2.75) is 38.5 Å². The lowest BCUT2D eigenvalue weighted by molar-refractivity contribution is 0.793. The second kappa shape index (κ2) is 3.41. The molecule has 0 aromatic carbocycles. The molecule has 2 rings (SSSR count). The van der Waals surface area contributed by atoms with E-state index in [0.717, 1.165) is 10.5 Å². The zero-order chi connectivity index (χ0) is 9.42. The van der Waals surface area contributed by atoms with Crippen molar-refractivity contribution in [1.82, 2.24) is 4.98 Å². The fourth-order valence-corrected chi connectivity index (χ4v) is 1.99. The normalized spacial score (nSPS) is 16.6. The molecule has 1 aromatic rings. The third-order valence-electron chi connectivity index (χ3n) is 2.49. The highest BCUT2D eigenvalue weighted by molar-refractivity contribution is 9.10. The first-order valence-electron chi connectivity index (χ1n) is 4.85. The maximum absolute atomic E-state index is 4.55. The fourth-order valence-electron chi connectivity index (χ4n) is 1.66. The predicted molar refractivity (Wildman–Crippen MR) is 58.0 cm³/mol. The van der Waals surface area contributed by atoms with Gasteiger partial charge in [-0.05, 0) is 52.2 Å². The van der Waals surface area contributed by atoms with Crippen LogP contribution in [0.1, 0.15) is 49.8 Å². The molecule has 0 N–H and O–H groups in total. The molecular weight excluding hydrogens is 226 g/mol. The van der Waals surface area contributed by atoms with Crippen molar-refractivity contribution in [3.05, 3.63) is 28.0 Å². The summed E-state index contributed by atoms with van der Waals surface area (Å²) in [6, 6.07) is 4.28. The number of pyridine rings is 1. The zero-order valence-electron chi connectivity index (χ0n) is 8.05. The molecule has 1 aromatic heterocycles. The van der Waals surface area contributed by atoms with Gasteiger partial charge < -0.3 is 0 Å². The maximum Gasteiger partial charge on any atom is 0.106 e. The molecule has 0 aliphatic heterocycles. The van der Waals surface area contributed by atoms with Gasteiger partial charge in [-0.1, -0.05) is 19.9 Å². The standard InChI is InChI=1S/C11H14BrN/c1-7(2)11-9(8-3-4-8)5-6-10(12)13-11/h5-8H,3-4H2,1-2H3. The van der Waals surface area contributed by atoms with E-state index in [9.17, 15) is 0 Å². The van der Waals surface area contributed by atoms with Gasteiger partial charge in [0.15, 0.2) is 0 Å². The average molecular weight is 240 g/mol. The van der Waals surface area contributed by atoms with Gasteiger partial charge in [0.1, 0.15) is 4.60 Å². The average Bonchev–Trinajstić information content (AvgIpc) is 2.87. The Morgan fingerprint density at radius 2 is 2.08 bits per heavy atom. The first-order chi connectivity index (χ1) is 6.18. The van der Waals surface area contributed by atoms with E-state index < -0.39 is 0 Å². The van der Waals surface area contributed by atoms with Gasteiger partial charge in [0.05, 0.1) is 0 Å². The summed E-state index contributed by atoms with van der Waals surface area (Å²) in [5, 5.41) is 0. The summed E-state index contributed by atoms with van der Waals surface area (Å²) in [6.07, 6.45) is 2.70. The van der Waals surface area contributed by atoms with Crippen molar-refractivity contribution in [3.63, 3.8) is 0 Å². The number of hydrogen-bond donors (Lipinski definition) is 0. The molecule has 0 bridgehead atoms. The van der Waals surface area contributed by atoms with Crippen molar-refractivity contribution in [2.24, 2.45) is 0 Å².